The van der Waals surface area contributed by atoms with Gasteiger partial charge in [-0.05, 0) is 29.1 Å². The Morgan fingerprint density at radius 3 is 2.50 bits per heavy atom. The average Bonchev–Trinajstić information content (AvgIpc) is 2.54. The van der Waals surface area contributed by atoms with Crippen LogP contribution in [-0.2, 0) is 0 Å². The molecule has 0 saturated heterocycles. The van der Waals surface area contributed by atoms with Crippen LogP contribution in [0.1, 0.15) is 23.8 Å². The highest BCUT2D eigenvalue weighted by Crippen LogP contribution is 2.31. The minimum absolute atomic E-state index is 0.0992. The Hall–Kier alpha value is -2.39. The summed E-state index contributed by atoms with van der Waals surface area (Å²) >= 11 is 6.10. The monoisotopic (exact) mass is 311 g/mol. The first kappa shape index (κ1) is 14.5. The number of carbonyl (C=O) groups is 1. The zero-order valence-corrected chi connectivity index (χ0v) is 12.8. The molecule has 0 amide bonds. The maximum Gasteiger partial charge on any atom is 0.256 e. The number of pyridine rings is 1. The van der Waals surface area contributed by atoms with Crippen LogP contribution in [0.25, 0.3) is 21.9 Å². The highest BCUT2D eigenvalue weighted by atomic mass is 35.5. The first-order chi connectivity index (χ1) is 10.6. The van der Waals surface area contributed by atoms with Gasteiger partial charge in [0.25, 0.3) is 5.56 Å². The Morgan fingerprint density at radius 1 is 1.09 bits per heavy atom. The summed E-state index contributed by atoms with van der Waals surface area (Å²) in [4.78, 5) is 27.3. The number of Topliss-reactive ketones (excluding diaryl/α,β-unsaturated/α-hetero) is 1. The second kappa shape index (κ2) is 5.78. The van der Waals surface area contributed by atoms with Crippen molar-refractivity contribution in [3.8, 4) is 11.1 Å². The predicted octanol–water partition coefficient (Wildman–Crippen LogP) is 4.44. The van der Waals surface area contributed by atoms with Crippen molar-refractivity contribution < 1.29 is 4.79 Å². The van der Waals surface area contributed by atoms with E-state index in [0.29, 0.717) is 27.9 Å². The van der Waals surface area contributed by atoms with Crippen LogP contribution < -0.4 is 5.56 Å². The Kier molecular flexibility index (Phi) is 3.82. The number of aromatic nitrogens is 1. The van der Waals surface area contributed by atoms with Gasteiger partial charge in [-0.3, -0.25) is 9.59 Å². The van der Waals surface area contributed by atoms with E-state index in [-0.39, 0.29) is 11.3 Å². The fourth-order valence-corrected chi connectivity index (χ4v) is 2.76. The maximum atomic E-state index is 12.3. The third-order valence-electron chi connectivity index (χ3n) is 3.65. The van der Waals surface area contributed by atoms with E-state index in [1.807, 2.05) is 30.3 Å². The van der Waals surface area contributed by atoms with E-state index in [1.165, 1.54) is 0 Å². The second-order valence-electron chi connectivity index (χ2n) is 5.04. The zero-order chi connectivity index (χ0) is 15.7. The molecular formula is C18H14ClNO2. The number of hydrogen-bond donors (Lipinski definition) is 1. The smallest absolute Gasteiger partial charge is 0.256 e. The van der Waals surface area contributed by atoms with Crippen LogP contribution in [0, 0.1) is 0 Å². The average molecular weight is 312 g/mol. The van der Waals surface area contributed by atoms with E-state index >= 15 is 0 Å². The van der Waals surface area contributed by atoms with Gasteiger partial charge in [0.15, 0.2) is 5.78 Å². The molecule has 110 valence electrons. The summed E-state index contributed by atoms with van der Waals surface area (Å²) in [5, 5.41) is 1.75. The predicted molar refractivity (Wildman–Crippen MR) is 89.6 cm³/mol. The molecule has 0 aliphatic carbocycles. The van der Waals surface area contributed by atoms with Gasteiger partial charge in [-0.1, -0.05) is 48.9 Å². The van der Waals surface area contributed by atoms with E-state index < -0.39 is 0 Å². The van der Waals surface area contributed by atoms with Crippen LogP contribution in [0.15, 0.2) is 53.3 Å². The largest absolute Gasteiger partial charge is 0.318 e. The minimum atomic E-state index is -0.275. The van der Waals surface area contributed by atoms with Gasteiger partial charge < -0.3 is 4.98 Å². The van der Waals surface area contributed by atoms with Gasteiger partial charge in [0.2, 0.25) is 0 Å². The van der Waals surface area contributed by atoms with Gasteiger partial charge in [-0.15, -0.1) is 0 Å². The number of nitrogens with one attached hydrogen (secondary N) is 1. The van der Waals surface area contributed by atoms with Gasteiger partial charge in [-0.2, -0.15) is 0 Å². The fraction of sp³-hybridized carbons (Fsp3) is 0.111. The Balaban J connectivity index is 2.49. The van der Waals surface area contributed by atoms with Crippen LogP contribution >= 0.6 is 11.6 Å². The molecule has 4 heteroatoms. The van der Waals surface area contributed by atoms with Crippen LogP contribution in [0.2, 0.25) is 5.02 Å². The molecule has 0 aliphatic rings. The van der Waals surface area contributed by atoms with Crippen molar-refractivity contribution >= 4 is 28.2 Å². The molecule has 3 rings (SSSR count). The highest BCUT2D eigenvalue weighted by Gasteiger charge is 2.17. The standard InChI is InChI=1S/C18H14ClNO2/c1-2-15(21)17-16(11-6-4-3-5-7-11)14-10-12(19)8-9-13(14)18(22)20-17/h3-10H,2H2,1H3,(H,20,22). The lowest BCUT2D eigenvalue weighted by Gasteiger charge is -2.12. The van der Waals surface area contributed by atoms with E-state index in [1.54, 1.807) is 25.1 Å². The summed E-state index contributed by atoms with van der Waals surface area (Å²) in [6, 6.07) is 14.6. The first-order valence-corrected chi connectivity index (χ1v) is 7.43. The zero-order valence-electron chi connectivity index (χ0n) is 12.0. The number of benzene rings is 2. The first-order valence-electron chi connectivity index (χ1n) is 7.06. The van der Waals surface area contributed by atoms with Crippen LogP contribution in [-0.4, -0.2) is 10.8 Å². The van der Waals surface area contributed by atoms with Crippen molar-refractivity contribution in [1.82, 2.24) is 4.98 Å². The Morgan fingerprint density at radius 2 is 1.82 bits per heavy atom. The molecule has 3 nitrogen and oxygen atoms in total. The molecule has 0 saturated carbocycles. The number of ketones is 1. The summed E-state index contributed by atoms with van der Waals surface area (Å²) in [7, 11) is 0. The summed E-state index contributed by atoms with van der Waals surface area (Å²) in [6.45, 7) is 1.78. The SMILES string of the molecule is CCC(=O)c1[nH]c(=O)c2ccc(Cl)cc2c1-c1ccccc1. The lowest BCUT2D eigenvalue weighted by molar-refractivity contribution is 0.0984. The summed E-state index contributed by atoms with van der Waals surface area (Å²) in [5.74, 6) is -0.0992. The number of carbonyl (C=O) groups excluding carboxylic acids is 1. The molecule has 1 N–H and O–H groups in total. The molecule has 1 aromatic heterocycles. The molecule has 0 aliphatic heterocycles. The molecule has 0 atom stereocenters. The second-order valence-corrected chi connectivity index (χ2v) is 5.47. The number of aromatic amines is 1. The van der Waals surface area contributed by atoms with Gasteiger partial charge in [-0.25, -0.2) is 0 Å². The maximum absolute atomic E-state index is 12.3. The van der Waals surface area contributed by atoms with E-state index in [9.17, 15) is 9.59 Å². The molecule has 0 spiro atoms. The molecule has 0 radical (unpaired) electrons. The molecule has 0 fully saturated rings. The number of H-pyrrole nitrogens is 1. The van der Waals surface area contributed by atoms with Crippen LogP contribution in [0.4, 0.5) is 0 Å². The third-order valence-corrected chi connectivity index (χ3v) is 3.88. The quantitative estimate of drug-likeness (QED) is 0.727. The highest BCUT2D eigenvalue weighted by molar-refractivity contribution is 6.31. The molecule has 22 heavy (non-hydrogen) atoms. The third kappa shape index (κ3) is 2.44. The topological polar surface area (TPSA) is 49.9 Å². The van der Waals surface area contributed by atoms with Gasteiger partial charge >= 0.3 is 0 Å². The molecule has 1 heterocycles. The van der Waals surface area contributed by atoms with Crippen molar-refractivity contribution in [3.05, 3.63) is 69.6 Å². The fourth-order valence-electron chi connectivity index (χ4n) is 2.59. The van der Waals surface area contributed by atoms with Gasteiger partial charge in [0, 0.05) is 22.4 Å². The normalized spacial score (nSPS) is 10.8. The Bertz CT molecular complexity index is 914. The minimum Gasteiger partial charge on any atom is -0.318 e. The molecule has 2 aromatic carbocycles. The van der Waals surface area contributed by atoms with Crippen molar-refractivity contribution in [2.24, 2.45) is 0 Å². The van der Waals surface area contributed by atoms with Gasteiger partial charge in [0.05, 0.1) is 5.69 Å². The molecule has 0 unspecified atom stereocenters. The lowest BCUT2D eigenvalue weighted by Crippen LogP contribution is -2.15. The van der Waals surface area contributed by atoms with E-state index in [4.69, 9.17) is 11.6 Å². The molecular weight excluding hydrogens is 298 g/mol. The number of hydrogen-bond acceptors (Lipinski definition) is 2. The summed E-state index contributed by atoms with van der Waals surface area (Å²) in [5.41, 5.74) is 1.67. The van der Waals surface area contributed by atoms with Crippen molar-refractivity contribution in [3.63, 3.8) is 0 Å². The number of rotatable bonds is 3. The van der Waals surface area contributed by atoms with Crippen molar-refractivity contribution in [2.75, 3.05) is 0 Å². The Labute approximate surface area is 132 Å². The molecule has 3 aromatic rings. The summed E-state index contributed by atoms with van der Waals surface area (Å²) in [6.07, 6.45) is 0.321. The van der Waals surface area contributed by atoms with E-state index in [0.717, 1.165) is 11.1 Å². The van der Waals surface area contributed by atoms with Crippen molar-refractivity contribution in [1.29, 1.82) is 0 Å². The number of halogens is 1. The van der Waals surface area contributed by atoms with E-state index in [2.05, 4.69) is 4.98 Å². The van der Waals surface area contributed by atoms with Gasteiger partial charge in [0.1, 0.15) is 0 Å². The van der Waals surface area contributed by atoms with Crippen LogP contribution in [0.3, 0.4) is 0 Å². The number of fused-ring (bicyclic) bond motifs is 1. The molecule has 0 bridgehead atoms. The van der Waals surface area contributed by atoms with Crippen molar-refractivity contribution in [2.45, 2.75) is 13.3 Å². The van der Waals surface area contributed by atoms with Crippen LogP contribution in [0.5, 0.6) is 0 Å². The lowest BCUT2D eigenvalue weighted by atomic mass is 9.95. The summed E-state index contributed by atoms with van der Waals surface area (Å²) < 4.78 is 0.